The number of carbonyl (C=O) groups is 2. The molecule has 2 unspecified atom stereocenters. The number of hydrogen-bond acceptors (Lipinski definition) is 9. The van der Waals surface area contributed by atoms with Crippen molar-refractivity contribution in [2.75, 3.05) is 85.5 Å². The summed E-state index contributed by atoms with van der Waals surface area (Å²) in [7, 11) is 0. The van der Waals surface area contributed by atoms with Gasteiger partial charge in [-0.1, -0.05) is 6.07 Å². The monoisotopic (exact) mass is 812 g/mol. The lowest BCUT2D eigenvalue weighted by Crippen LogP contribution is -2.51. The van der Waals surface area contributed by atoms with Gasteiger partial charge in [0.2, 0.25) is 5.91 Å². The Morgan fingerprint density at radius 2 is 1.59 bits per heavy atom. The molecule has 8 rings (SSSR count). The summed E-state index contributed by atoms with van der Waals surface area (Å²) in [6.07, 6.45) is 0.283. The van der Waals surface area contributed by atoms with Gasteiger partial charge < -0.3 is 35.3 Å². The molecular weight excluding hydrogens is 758 g/mol. The van der Waals surface area contributed by atoms with Gasteiger partial charge in [0, 0.05) is 106 Å². The second-order valence-corrected chi connectivity index (χ2v) is 17.4. The largest absolute Gasteiger partial charge is 0.417 e. The quantitative estimate of drug-likeness (QED) is 0.247. The maximum Gasteiger partial charge on any atom is 0.417 e. The first kappa shape index (κ1) is 40.8. The maximum absolute atomic E-state index is 13.7. The van der Waals surface area contributed by atoms with Crippen molar-refractivity contribution in [3.8, 4) is 6.07 Å². The number of alkyl halides is 3. The minimum atomic E-state index is -4.58. The third kappa shape index (κ3) is 9.11. The summed E-state index contributed by atoms with van der Waals surface area (Å²) in [5.74, 6) is 0.518. The first-order chi connectivity index (χ1) is 28.4. The normalized spacial score (nSPS) is 24.3. The van der Waals surface area contributed by atoms with Crippen molar-refractivity contribution in [1.82, 2.24) is 15.1 Å². The summed E-state index contributed by atoms with van der Waals surface area (Å²) >= 11 is 0. The van der Waals surface area contributed by atoms with Crippen LogP contribution in [0.2, 0.25) is 0 Å². The van der Waals surface area contributed by atoms with Crippen LogP contribution >= 0.6 is 0 Å². The van der Waals surface area contributed by atoms with Gasteiger partial charge in [-0.25, -0.2) is 0 Å². The van der Waals surface area contributed by atoms with E-state index in [1.54, 1.807) is 12.1 Å². The average molecular weight is 813 g/mol. The Bertz CT molecular complexity index is 2020. The van der Waals surface area contributed by atoms with E-state index in [1.807, 2.05) is 41.3 Å². The van der Waals surface area contributed by atoms with Crippen molar-refractivity contribution in [2.45, 2.75) is 76.4 Å². The van der Waals surface area contributed by atoms with Crippen molar-refractivity contribution in [1.29, 1.82) is 5.26 Å². The molecule has 5 heterocycles. The van der Waals surface area contributed by atoms with Gasteiger partial charge >= 0.3 is 6.18 Å². The first-order valence-corrected chi connectivity index (χ1v) is 21.2. The number of amides is 2. The summed E-state index contributed by atoms with van der Waals surface area (Å²) in [5.41, 5.74) is 3.19. The number of aliphatic hydroxyl groups is 1. The van der Waals surface area contributed by atoms with Gasteiger partial charge in [-0.3, -0.25) is 14.5 Å². The summed E-state index contributed by atoms with van der Waals surface area (Å²) in [5, 5.41) is 25.5. The maximum atomic E-state index is 13.7. The fourth-order valence-electron chi connectivity index (χ4n) is 10.1. The van der Waals surface area contributed by atoms with Crippen LogP contribution in [0, 0.1) is 22.7 Å². The highest BCUT2D eigenvalue weighted by molar-refractivity contribution is 5.94. The number of aliphatic hydroxyl groups excluding tert-OH is 1. The van der Waals surface area contributed by atoms with Gasteiger partial charge in [0.25, 0.3) is 5.91 Å². The Labute approximate surface area is 344 Å². The molecule has 5 aliphatic rings. The molecule has 0 aromatic heterocycles. The molecule has 5 saturated heterocycles. The number of anilines is 4. The van der Waals surface area contributed by atoms with E-state index in [9.17, 15) is 33.1 Å². The number of nitrogens with one attached hydrogen (secondary N) is 2. The zero-order valence-electron chi connectivity index (χ0n) is 33.8. The molecule has 0 aliphatic carbocycles. The van der Waals surface area contributed by atoms with Crippen molar-refractivity contribution in [3.05, 3.63) is 83.4 Å². The van der Waals surface area contributed by atoms with Crippen molar-refractivity contribution < 1.29 is 27.9 Å². The van der Waals surface area contributed by atoms with E-state index in [0.717, 1.165) is 114 Å². The molecule has 3 aromatic rings. The van der Waals surface area contributed by atoms with Crippen LogP contribution in [-0.2, 0) is 11.0 Å². The number of hydrogen-bond donors (Lipinski definition) is 3. The Hall–Kier alpha value is -5.00. The second kappa shape index (κ2) is 16.9. The number of nitriles is 1. The summed E-state index contributed by atoms with van der Waals surface area (Å²) in [4.78, 5) is 36.5. The topological polar surface area (TPSA) is 118 Å². The molecule has 314 valence electrons. The van der Waals surface area contributed by atoms with Gasteiger partial charge in [-0.05, 0) is 117 Å². The van der Waals surface area contributed by atoms with Crippen LogP contribution in [0.25, 0.3) is 0 Å². The molecule has 1 spiro atoms. The number of carbonyl (C=O) groups excluding carboxylic acids is 2. The molecule has 5 aliphatic heterocycles. The third-order valence-electron chi connectivity index (χ3n) is 13.6. The molecule has 2 amide bonds. The van der Waals surface area contributed by atoms with Gasteiger partial charge in [0.05, 0.1) is 23.2 Å². The molecule has 3 atom stereocenters. The molecule has 3 aromatic carbocycles. The Balaban J connectivity index is 0.769. The first-order valence-electron chi connectivity index (χ1n) is 21.2. The Kier molecular flexibility index (Phi) is 11.7. The van der Waals surface area contributed by atoms with Crippen LogP contribution < -0.4 is 25.3 Å². The van der Waals surface area contributed by atoms with E-state index >= 15 is 0 Å². The van der Waals surface area contributed by atoms with Gasteiger partial charge in [0.15, 0.2) is 0 Å². The highest BCUT2D eigenvalue weighted by Crippen LogP contribution is 2.46. The van der Waals surface area contributed by atoms with Crippen molar-refractivity contribution >= 4 is 34.6 Å². The van der Waals surface area contributed by atoms with E-state index in [4.69, 9.17) is 0 Å². The van der Waals surface area contributed by atoms with E-state index in [-0.39, 0.29) is 34.9 Å². The van der Waals surface area contributed by atoms with Crippen LogP contribution in [0.1, 0.15) is 73.4 Å². The van der Waals surface area contributed by atoms with E-state index in [1.165, 1.54) is 6.07 Å². The third-order valence-corrected chi connectivity index (χ3v) is 13.6. The Morgan fingerprint density at radius 1 is 0.898 bits per heavy atom. The second-order valence-electron chi connectivity index (χ2n) is 17.4. The molecule has 0 bridgehead atoms. The number of likely N-dealkylation sites (tertiary alicyclic amines) is 1. The highest BCUT2D eigenvalue weighted by atomic mass is 19.4. The number of piperidine rings is 3. The fraction of sp³-hybridized carbons (Fsp3) is 0.533. The smallest absolute Gasteiger partial charge is 0.378 e. The Morgan fingerprint density at radius 3 is 2.27 bits per heavy atom. The lowest BCUT2D eigenvalue weighted by atomic mass is 9.76. The van der Waals surface area contributed by atoms with E-state index in [0.29, 0.717) is 36.6 Å². The molecule has 3 N–H and O–H groups in total. The average Bonchev–Trinajstić information content (AvgIpc) is 3.56. The van der Waals surface area contributed by atoms with Crippen molar-refractivity contribution in [3.63, 3.8) is 0 Å². The molecular formula is C45H55F3N8O3. The number of benzene rings is 3. The number of piperazine rings is 1. The van der Waals surface area contributed by atoms with Crippen LogP contribution in [0.3, 0.4) is 0 Å². The van der Waals surface area contributed by atoms with Crippen molar-refractivity contribution in [2.24, 2.45) is 11.3 Å². The van der Waals surface area contributed by atoms with Crippen LogP contribution in [-0.4, -0.2) is 110 Å². The predicted molar refractivity (Wildman–Crippen MR) is 222 cm³/mol. The van der Waals surface area contributed by atoms with Crippen LogP contribution in [0.4, 0.5) is 35.9 Å². The van der Waals surface area contributed by atoms with Gasteiger partial charge in [0.1, 0.15) is 6.23 Å². The standard InChI is InChI=1S/C45H55F3N8O3/c1-31-27-44(30-56(31)38-10-7-34(28-49)39(26-38)45(46,47)48)15-19-53(20-16-44)36-8-5-33(6-9-36)43(59)55-17-13-32(14-18-55)29-52-21-23-54(24-22-52)37-4-2-3-35(25-37)50-40-11-12-41(57)51-42(40)58/h2-10,25-26,31-32,40,42,50,58H,11-24,27,29-30H2,1H3,(H,51,57)/t31-,40?,42?/m0/s1. The summed E-state index contributed by atoms with van der Waals surface area (Å²) < 4.78 is 41.1. The summed E-state index contributed by atoms with van der Waals surface area (Å²) in [6, 6.07) is 21.9. The lowest BCUT2D eigenvalue weighted by molar-refractivity contribution is -0.137. The summed E-state index contributed by atoms with van der Waals surface area (Å²) in [6.45, 7) is 10.8. The molecule has 14 heteroatoms. The van der Waals surface area contributed by atoms with Crippen LogP contribution in [0.15, 0.2) is 66.7 Å². The number of rotatable bonds is 8. The molecule has 11 nitrogen and oxygen atoms in total. The molecule has 0 radical (unpaired) electrons. The van der Waals surface area contributed by atoms with Gasteiger partial charge in [-0.15, -0.1) is 0 Å². The zero-order chi connectivity index (χ0) is 41.3. The molecule has 0 saturated carbocycles. The lowest BCUT2D eigenvalue weighted by Gasteiger charge is -2.40. The van der Waals surface area contributed by atoms with Gasteiger partial charge in [-0.2, -0.15) is 18.4 Å². The molecule has 59 heavy (non-hydrogen) atoms. The number of nitrogens with zero attached hydrogens (tertiary/aromatic N) is 6. The number of halogens is 3. The minimum absolute atomic E-state index is 0.0213. The van der Waals surface area contributed by atoms with Crippen LogP contribution in [0.5, 0.6) is 0 Å². The fourth-order valence-corrected chi connectivity index (χ4v) is 10.1. The zero-order valence-corrected chi connectivity index (χ0v) is 33.8. The van der Waals surface area contributed by atoms with E-state index < -0.39 is 18.0 Å². The minimum Gasteiger partial charge on any atom is -0.378 e. The highest BCUT2D eigenvalue weighted by Gasteiger charge is 2.45. The molecule has 5 fully saturated rings. The van der Waals surface area contributed by atoms with E-state index in [2.05, 4.69) is 49.3 Å². The predicted octanol–water partition coefficient (Wildman–Crippen LogP) is 6.15. The SMILES string of the molecule is C[C@H]1CC2(CCN(c3ccc(C(=O)N4CCC(CN5CCN(c6cccc(NC7CCC(=O)NC7O)c6)CC5)CC4)cc3)CC2)CN1c1ccc(C#N)c(C(F)(F)F)c1.